The summed E-state index contributed by atoms with van der Waals surface area (Å²) >= 11 is 0. The minimum absolute atomic E-state index is 0.00285. The number of amides is 2. The first-order valence-electron chi connectivity index (χ1n) is 7.04. The van der Waals surface area contributed by atoms with Crippen LogP contribution in [-0.2, 0) is 6.54 Å². The molecule has 0 aliphatic heterocycles. The Morgan fingerprint density at radius 2 is 2.29 bits per heavy atom. The summed E-state index contributed by atoms with van der Waals surface area (Å²) in [5.74, 6) is 1.01. The van der Waals surface area contributed by atoms with Crippen molar-refractivity contribution in [1.29, 1.82) is 0 Å². The Balaban J connectivity index is 1.79. The van der Waals surface area contributed by atoms with Crippen LogP contribution in [0.15, 0.2) is 30.5 Å². The van der Waals surface area contributed by atoms with Crippen LogP contribution in [0.4, 0.5) is 10.6 Å². The molecule has 0 spiro atoms. The lowest BCUT2D eigenvalue weighted by molar-refractivity contribution is 0.231. The molecule has 6 heteroatoms. The van der Waals surface area contributed by atoms with E-state index in [4.69, 9.17) is 5.11 Å². The van der Waals surface area contributed by atoms with Crippen molar-refractivity contribution >= 4 is 11.8 Å². The fourth-order valence-electron chi connectivity index (χ4n) is 2.23. The number of carbonyl (C=O) groups excluding carboxylic acids is 1. The molecule has 114 valence electrons. The number of aliphatic hydroxyl groups is 1. The molecule has 0 bridgehead atoms. The summed E-state index contributed by atoms with van der Waals surface area (Å²) in [6.07, 6.45) is 6.36. The molecule has 2 atom stereocenters. The van der Waals surface area contributed by atoms with Crippen molar-refractivity contribution in [3.05, 3.63) is 36.0 Å². The smallest absolute Gasteiger partial charge is 0.315 e. The van der Waals surface area contributed by atoms with Gasteiger partial charge in [0.1, 0.15) is 5.82 Å². The normalized spacial score (nSPS) is 20.3. The summed E-state index contributed by atoms with van der Waals surface area (Å²) < 4.78 is 0. The van der Waals surface area contributed by atoms with Gasteiger partial charge in [-0.3, -0.25) is 0 Å². The van der Waals surface area contributed by atoms with Gasteiger partial charge in [0, 0.05) is 45.4 Å². The van der Waals surface area contributed by atoms with Gasteiger partial charge in [-0.05, 0) is 24.1 Å². The lowest BCUT2D eigenvalue weighted by Gasteiger charge is -2.15. The molecule has 1 aliphatic carbocycles. The third-order valence-corrected chi connectivity index (χ3v) is 3.44. The lowest BCUT2D eigenvalue weighted by Crippen LogP contribution is -2.40. The standard InChI is InChI=1S/C15H22N4O2/c1-19(2)14-8-11(5-6-16-14)9-17-15(21)18-13-4-3-12(7-13)10-20/h3-6,8,12-13,20H,7,9-10H2,1-2H3,(H2,17,18,21)/t12-,13+/m0/s1. The predicted octanol–water partition coefficient (Wildman–Crippen LogP) is 0.884. The van der Waals surface area contributed by atoms with Crippen LogP contribution in [0.1, 0.15) is 12.0 Å². The number of aromatic nitrogens is 1. The Morgan fingerprint density at radius 1 is 1.48 bits per heavy atom. The SMILES string of the molecule is CN(C)c1cc(CNC(=O)N[C@@H]2C=C[C@H](CO)C2)ccn1. The first-order chi connectivity index (χ1) is 10.1. The number of rotatable bonds is 5. The molecule has 2 rings (SSSR count). The van der Waals surface area contributed by atoms with Crippen molar-refractivity contribution < 1.29 is 9.90 Å². The maximum atomic E-state index is 11.8. The summed E-state index contributed by atoms with van der Waals surface area (Å²) in [6, 6.07) is 3.62. The van der Waals surface area contributed by atoms with Gasteiger partial charge in [0.05, 0.1) is 0 Å². The maximum absolute atomic E-state index is 11.8. The highest BCUT2D eigenvalue weighted by atomic mass is 16.3. The third kappa shape index (κ3) is 4.46. The van der Waals surface area contributed by atoms with Gasteiger partial charge in [-0.1, -0.05) is 12.2 Å². The van der Waals surface area contributed by atoms with Gasteiger partial charge in [0.2, 0.25) is 0 Å². The second-order valence-electron chi connectivity index (χ2n) is 5.41. The van der Waals surface area contributed by atoms with Gasteiger partial charge in [-0.2, -0.15) is 0 Å². The summed E-state index contributed by atoms with van der Waals surface area (Å²) in [6.45, 7) is 0.579. The molecule has 1 aliphatic rings. The molecule has 0 saturated carbocycles. The van der Waals surface area contributed by atoms with Crippen LogP contribution in [0, 0.1) is 5.92 Å². The highest BCUT2D eigenvalue weighted by Gasteiger charge is 2.19. The second-order valence-corrected chi connectivity index (χ2v) is 5.41. The summed E-state index contributed by atoms with van der Waals surface area (Å²) in [4.78, 5) is 18.0. The molecule has 3 N–H and O–H groups in total. The fourth-order valence-corrected chi connectivity index (χ4v) is 2.23. The van der Waals surface area contributed by atoms with Crippen molar-refractivity contribution in [2.24, 2.45) is 5.92 Å². The van der Waals surface area contributed by atoms with E-state index in [1.165, 1.54) is 0 Å². The van der Waals surface area contributed by atoms with Crippen LogP contribution in [0.3, 0.4) is 0 Å². The van der Waals surface area contributed by atoms with E-state index >= 15 is 0 Å². The van der Waals surface area contributed by atoms with Crippen LogP contribution in [0.2, 0.25) is 0 Å². The molecule has 0 fully saturated rings. The molecular formula is C15H22N4O2. The van der Waals surface area contributed by atoms with Gasteiger partial charge in [-0.25, -0.2) is 9.78 Å². The van der Waals surface area contributed by atoms with Gasteiger partial charge in [0.25, 0.3) is 0 Å². The Labute approximate surface area is 124 Å². The van der Waals surface area contributed by atoms with E-state index in [9.17, 15) is 4.79 Å². The number of hydrogen-bond donors (Lipinski definition) is 3. The van der Waals surface area contributed by atoms with Gasteiger partial charge in [0.15, 0.2) is 0 Å². The number of aliphatic hydroxyl groups excluding tert-OH is 1. The number of pyridine rings is 1. The largest absolute Gasteiger partial charge is 0.396 e. The van der Waals surface area contributed by atoms with Crippen LogP contribution >= 0.6 is 0 Å². The third-order valence-electron chi connectivity index (χ3n) is 3.44. The number of carbonyl (C=O) groups is 1. The minimum Gasteiger partial charge on any atom is -0.396 e. The van der Waals surface area contributed by atoms with E-state index in [1.54, 1.807) is 6.20 Å². The molecule has 6 nitrogen and oxygen atoms in total. The average molecular weight is 290 g/mol. The van der Waals surface area contributed by atoms with E-state index in [-0.39, 0.29) is 24.6 Å². The van der Waals surface area contributed by atoms with E-state index in [2.05, 4.69) is 15.6 Å². The lowest BCUT2D eigenvalue weighted by atomic mass is 10.1. The fraction of sp³-hybridized carbons (Fsp3) is 0.467. The molecule has 0 aromatic carbocycles. The summed E-state index contributed by atoms with van der Waals surface area (Å²) in [5, 5.41) is 14.8. The predicted molar refractivity (Wildman–Crippen MR) is 82.1 cm³/mol. The Kier molecular flexibility index (Phi) is 5.16. The molecule has 1 aromatic rings. The van der Waals surface area contributed by atoms with E-state index < -0.39 is 0 Å². The Morgan fingerprint density at radius 3 is 2.95 bits per heavy atom. The molecule has 1 aromatic heterocycles. The summed E-state index contributed by atoms with van der Waals surface area (Å²) in [5.41, 5.74) is 0.999. The van der Waals surface area contributed by atoms with Crippen molar-refractivity contribution in [2.75, 3.05) is 25.6 Å². The average Bonchev–Trinajstić information content (AvgIpc) is 2.93. The Bertz CT molecular complexity index is 516. The van der Waals surface area contributed by atoms with Crippen molar-refractivity contribution in [2.45, 2.75) is 19.0 Å². The highest BCUT2D eigenvalue weighted by molar-refractivity contribution is 5.74. The monoisotopic (exact) mass is 290 g/mol. The highest BCUT2D eigenvalue weighted by Crippen LogP contribution is 2.16. The molecule has 21 heavy (non-hydrogen) atoms. The van der Waals surface area contributed by atoms with Gasteiger partial charge < -0.3 is 20.6 Å². The van der Waals surface area contributed by atoms with Crippen LogP contribution in [0.25, 0.3) is 0 Å². The molecule has 1 heterocycles. The molecule has 0 unspecified atom stereocenters. The first kappa shape index (κ1) is 15.3. The van der Waals surface area contributed by atoms with Crippen LogP contribution in [-0.4, -0.2) is 42.9 Å². The zero-order valence-corrected chi connectivity index (χ0v) is 12.4. The number of hydrogen-bond acceptors (Lipinski definition) is 4. The first-order valence-corrected chi connectivity index (χ1v) is 7.04. The number of anilines is 1. The Hall–Kier alpha value is -2.08. The zero-order valence-electron chi connectivity index (χ0n) is 12.4. The van der Waals surface area contributed by atoms with Crippen LogP contribution < -0.4 is 15.5 Å². The second kappa shape index (κ2) is 7.08. The van der Waals surface area contributed by atoms with E-state index in [0.717, 1.165) is 17.8 Å². The summed E-state index contributed by atoms with van der Waals surface area (Å²) in [7, 11) is 3.85. The minimum atomic E-state index is -0.202. The van der Waals surface area contributed by atoms with Crippen molar-refractivity contribution in [3.63, 3.8) is 0 Å². The number of nitrogens with zero attached hydrogens (tertiary/aromatic N) is 2. The van der Waals surface area contributed by atoms with Gasteiger partial charge in [-0.15, -0.1) is 0 Å². The molecular weight excluding hydrogens is 268 g/mol. The maximum Gasteiger partial charge on any atom is 0.315 e. The van der Waals surface area contributed by atoms with Crippen molar-refractivity contribution in [3.8, 4) is 0 Å². The zero-order chi connectivity index (χ0) is 15.2. The van der Waals surface area contributed by atoms with E-state index in [0.29, 0.717) is 6.54 Å². The van der Waals surface area contributed by atoms with E-state index in [1.807, 2.05) is 43.3 Å². The quantitative estimate of drug-likeness (QED) is 0.704. The molecule has 0 saturated heterocycles. The number of nitrogens with one attached hydrogen (secondary N) is 2. The van der Waals surface area contributed by atoms with Gasteiger partial charge >= 0.3 is 6.03 Å². The molecule has 2 amide bonds. The topological polar surface area (TPSA) is 77.5 Å². The number of urea groups is 1. The van der Waals surface area contributed by atoms with Crippen molar-refractivity contribution in [1.82, 2.24) is 15.6 Å². The van der Waals surface area contributed by atoms with Crippen LogP contribution in [0.5, 0.6) is 0 Å². The molecule has 0 radical (unpaired) electrons.